The Balaban J connectivity index is 1.48. The van der Waals surface area contributed by atoms with Crippen molar-refractivity contribution >= 4 is 28.8 Å². The molecular formula is C20H23NO6. The maximum absolute atomic E-state index is 12.0. The highest BCUT2D eigenvalue weighted by Crippen LogP contribution is 2.26. The quantitative estimate of drug-likeness (QED) is 0.783. The molecular weight excluding hydrogens is 350 g/mol. The van der Waals surface area contributed by atoms with E-state index in [1.807, 2.05) is 0 Å². The fourth-order valence-electron chi connectivity index (χ4n) is 3.32. The lowest BCUT2D eigenvalue weighted by Gasteiger charge is -2.20. The summed E-state index contributed by atoms with van der Waals surface area (Å²) in [5, 5.41) is 3.10. The lowest BCUT2D eigenvalue weighted by molar-refractivity contribution is -0.149. The molecule has 1 fully saturated rings. The van der Waals surface area contributed by atoms with Gasteiger partial charge in [-0.05, 0) is 25.0 Å². The number of nitrogens with one attached hydrogen (secondary N) is 1. The summed E-state index contributed by atoms with van der Waals surface area (Å²) in [6.45, 7) is -0.471. The summed E-state index contributed by atoms with van der Waals surface area (Å²) in [7, 11) is 1.56. The minimum atomic E-state index is -0.597. The number of fused-ring (bicyclic) bond motifs is 1. The molecule has 1 aromatic heterocycles. The van der Waals surface area contributed by atoms with Gasteiger partial charge < -0.3 is 13.9 Å². The Hall–Kier alpha value is -2.83. The highest BCUT2D eigenvalue weighted by atomic mass is 16.5. The summed E-state index contributed by atoms with van der Waals surface area (Å²) in [5.41, 5.74) is 1.27. The summed E-state index contributed by atoms with van der Waals surface area (Å²) in [5.74, 6) is -0.891. The van der Waals surface area contributed by atoms with Crippen molar-refractivity contribution in [1.82, 2.24) is 5.32 Å². The van der Waals surface area contributed by atoms with E-state index in [2.05, 4.69) is 5.32 Å². The van der Waals surface area contributed by atoms with Gasteiger partial charge in [-0.15, -0.1) is 0 Å². The van der Waals surface area contributed by atoms with Crippen LogP contribution in [0.3, 0.4) is 0 Å². The van der Waals surface area contributed by atoms with E-state index in [-0.39, 0.29) is 18.2 Å². The van der Waals surface area contributed by atoms with Gasteiger partial charge >= 0.3 is 5.97 Å². The van der Waals surface area contributed by atoms with Crippen molar-refractivity contribution in [2.75, 3.05) is 13.7 Å². The first-order chi connectivity index (χ1) is 13.1. The Morgan fingerprint density at radius 1 is 1.19 bits per heavy atom. The van der Waals surface area contributed by atoms with Crippen LogP contribution in [-0.4, -0.2) is 31.5 Å². The van der Waals surface area contributed by atoms with Crippen LogP contribution < -0.4 is 10.1 Å². The van der Waals surface area contributed by atoms with Crippen molar-refractivity contribution in [3.05, 3.63) is 30.0 Å². The number of imide groups is 1. The number of benzene rings is 1. The molecule has 0 unspecified atom stereocenters. The van der Waals surface area contributed by atoms with Gasteiger partial charge in [-0.25, -0.2) is 0 Å². The third-order valence-corrected chi connectivity index (χ3v) is 4.80. The normalized spacial score (nSPS) is 14.7. The summed E-state index contributed by atoms with van der Waals surface area (Å²) in [4.78, 5) is 35.9. The van der Waals surface area contributed by atoms with Crippen LogP contribution in [0.2, 0.25) is 0 Å². The number of furan rings is 1. The molecule has 0 saturated heterocycles. The molecule has 0 atom stereocenters. The zero-order chi connectivity index (χ0) is 19.2. The van der Waals surface area contributed by atoms with Crippen LogP contribution in [0.1, 0.15) is 37.7 Å². The van der Waals surface area contributed by atoms with Crippen LogP contribution in [0, 0.1) is 5.92 Å². The zero-order valence-electron chi connectivity index (χ0n) is 15.3. The van der Waals surface area contributed by atoms with Crippen molar-refractivity contribution < 1.29 is 28.3 Å². The average Bonchev–Trinajstić information content (AvgIpc) is 3.09. The first-order valence-electron chi connectivity index (χ1n) is 9.10. The Morgan fingerprint density at radius 2 is 1.96 bits per heavy atom. The molecule has 1 aromatic carbocycles. The van der Waals surface area contributed by atoms with Crippen molar-refractivity contribution in [1.29, 1.82) is 0 Å². The third-order valence-electron chi connectivity index (χ3n) is 4.80. The topological polar surface area (TPSA) is 94.8 Å². The van der Waals surface area contributed by atoms with Crippen LogP contribution in [0.5, 0.6) is 5.75 Å². The van der Waals surface area contributed by atoms with Crippen molar-refractivity contribution in [3.8, 4) is 5.75 Å². The number of amides is 2. The van der Waals surface area contributed by atoms with E-state index in [1.165, 1.54) is 6.26 Å². The molecule has 7 nitrogen and oxygen atoms in total. The highest BCUT2D eigenvalue weighted by molar-refractivity contribution is 5.97. The second-order valence-corrected chi connectivity index (χ2v) is 6.71. The number of carbonyl (C=O) groups is 3. The minimum Gasteiger partial charge on any atom is -0.497 e. The van der Waals surface area contributed by atoms with E-state index >= 15 is 0 Å². The number of carbonyl (C=O) groups excluding carboxylic acids is 3. The molecule has 1 heterocycles. The molecule has 27 heavy (non-hydrogen) atoms. The summed E-state index contributed by atoms with van der Waals surface area (Å²) >= 11 is 0. The predicted octanol–water partition coefficient (Wildman–Crippen LogP) is 2.75. The maximum atomic E-state index is 12.0. The number of esters is 1. The Morgan fingerprint density at radius 3 is 2.70 bits per heavy atom. The number of ether oxygens (including phenoxy) is 2. The van der Waals surface area contributed by atoms with Crippen LogP contribution in [0.25, 0.3) is 11.0 Å². The van der Waals surface area contributed by atoms with Gasteiger partial charge in [-0.3, -0.25) is 19.7 Å². The average molecular weight is 373 g/mol. The van der Waals surface area contributed by atoms with E-state index in [0.717, 1.165) is 37.5 Å². The SMILES string of the molecule is COc1ccc2c(CC(=O)OCC(=O)NC(=O)C3CCCCC3)coc2c1. The number of rotatable bonds is 6. The van der Waals surface area contributed by atoms with Gasteiger partial charge in [0.15, 0.2) is 6.61 Å². The molecule has 1 N–H and O–H groups in total. The predicted molar refractivity (Wildman–Crippen MR) is 97.2 cm³/mol. The lowest BCUT2D eigenvalue weighted by atomic mass is 9.89. The largest absolute Gasteiger partial charge is 0.497 e. The molecule has 0 spiro atoms. The van der Waals surface area contributed by atoms with E-state index in [9.17, 15) is 14.4 Å². The monoisotopic (exact) mass is 373 g/mol. The van der Waals surface area contributed by atoms with Crippen LogP contribution >= 0.6 is 0 Å². The maximum Gasteiger partial charge on any atom is 0.310 e. The Labute approximate surface area is 157 Å². The molecule has 0 bridgehead atoms. The molecule has 1 saturated carbocycles. The molecule has 144 valence electrons. The molecule has 3 rings (SSSR count). The standard InChI is InChI=1S/C20H23NO6/c1-25-15-7-8-16-14(11-26-17(16)10-15)9-19(23)27-12-18(22)21-20(24)13-5-3-2-4-6-13/h7-8,10-11,13H,2-6,9,12H2,1H3,(H,21,22,24). The summed E-state index contributed by atoms with van der Waals surface area (Å²) < 4.78 is 15.5. The fraction of sp³-hybridized carbons (Fsp3) is 0.450. The van der Waals surface area contributed by atoms with Crippen molar-refractivity contribution in [3.63, 3.8) is 0 Å². The highest BCUT2D eigenvalue weighted by Gasteiger charge is 2.23. The fourth-order valence-corrected chi connectivity index (χ4v) is 3.32. The number of hydrogen-bond donors (Lipinski definition) is 1. The molecule has 0 aliphatic heterocycles. The van der Waals surface area contributed by atoms with Gasteiger partial charge in [0.1, 0.15) is 11.3 Å². The third kappa shape index (κ3) is 4.87. The molecule has 1 aliphatic carbocycles. The zero-order valence-corrected chi connectivity index (χ0v) is 15.3. The van der Waals surface area contributed by atoms with Crippen LogP contribution in [-0.2, 0) is 25.5 Å². The number of hydrogen-bond acceptors (Lipinski definition) is 6. The van der Waals surface area contributed by atoms with Gasteiger partial charge in [-0.2, -0.15) is 0 Å². The molecule has 1 aliphatic rings. The van der Waals surface area contributed by atoms with Gasteiger partial charge in [0, 0.05) is 22.9 Å². The Bertz CT molecular complexity index is 834. The number of methoxy groups -OCH3 is 1. The minimum absolute atomic E-state index is 0.0246. The second kappa shape index (κ2) is 8.70. The van der Waals surface area contributed by atoms with Gasteiger partial charge in [0.05, 0.1) is 19.8 Å². The van der Waals surface area contributed by atoms with Crippen molar-refractivity contribution in [2.24, 2.45) is 5.92 Å². The molecule has 7 heteroatoms. The molecule has 0 radical (unpaired) electrons. The van der Waals surface area contributed by atoms with Gasteiger partial charge in [0.25, 0.3) is 5.91 Å². The molecule has 2 amide bonds. The first kappa shape index (κ1) is 18.9. The first-order valence-corrected chi connectivity index (χ1v) is 9.10. The van der Waals surface area contributed by atoms with E-state index in [0.29, 0.717) is 16.9 Å². The van der Waals surface area contributed by atoms with E-state index in [1.54, 1.807) is 25.3 Å². The smallest absolute Gasteiger partial charge is 0.310 e. The second-order valence-electron chi connectivity index (χ2n) is 6.71. The summed E-state index contributed by atoms with van der Waals surface area (Å²) in [6, 6.07) is 5.31. The summed E-state index contributed by atoms with van der Waals surface area (Å²) in [6.07, 6.45) is 6.21. The van der Waals surface area contributed by atoms with E-state index < -0.39 is 18.5 Å². The van der Waals surface area contributed by atoms with Crippen molar-refractivity contribution in [2.45, 2.75) is 38.5 Å². The Kier molecular flexibility index (Phi) is 6.11. The van der Waals surface area contributed by atoms with Gasteiger partial charge in [-0.1, -0.05) is 19.3 Å². The lowest BCUT2D eigenvalue weighted by Crippen LogP contribution is -2.39. The van der Waals surface area contributed by atoms with Crippen LogP contribution in [0.15, 0.2) is 28.9 Å². The van der Waals surface area contributed by atoms with Crippen LogP contribution in [0.4, 0.5) is 0 Å². The molecule has 2 aromatic rings. The van der Waals surface area contributed by atoms with E-state index in [4.69, 9.17) is 13.9 Å². The van der Waals surface area contributed by atoms with Gasteiger partial charge in [0.2, 0.25) is 5.91 Å².